The van der Waals surface area contributed by atoms with Gasteiger partial charge in [0.25, 0.3) is 0 Å². The smallest absolute Gasteiger partial charge is 0.104 e. The van der Waals surface area contributed by atoms with Gasteiger partial charge in [0.1, 0.15) is 5.54 Å². The normalized spacial score (nSPS) is 16.3. The predicted molar refractivity (Wildman–Crippen MR) is 79.8 cm³/mol. The van der Waals surface area contributed by atoms with Crippen LogP contribution in [0.25, 0.3) is 0 Å². The highest BCUT2D eigenvalue weighted by atomic mass is 32.2. The van der Waals surface area contributed by atoms with Gasteiger partial charge in [-0.3, -0.25) is 5.32 Å². The summed E-state index contributed by atoms with van der Waals surface area (Å²) in [4.78, 5) is 0. The monoisotopic (exact) mass is 272 g/mol. The number of hydrogen-bond acceptors (Lipinski definition) is 4. The van der Waals surface area contributed by atoms with Crippen LogP contribution in [0, 0.1) is 11.3 Å². The summed E-state index contributed by atoms with van der Waals surface area (Å²) >= 11 is 1.91. The zero-order chi connectivity index (χ0) is 14.0. The van der Waals surface area contributed by atoms with Crippen LogP contribution >= 0.6 is 11.8 Å². The molecule has 4 heteroatoms. The number of hydrogen-bond donors (Lipinski definition) is 2. The molecule has 0 rings (SSSR count). The number of nitrogens with one attached hydrogen (secondary N) is 1. The van der Waals surface area contributed by atoms with E-state index in [4.69, 9.17) is 5.11 Å². The minimum atomic E-state index is -0.393. The number of nitriles is 1. The molecule has 0 aromatic rings. The molecule has 0 aliphatic carbocycles. The molecule has 18 heavy (non-hydrogen) atoms. The largest absolute Gasteiger partial charge is 0.396 e. The molecular formula is C14H28N2OS. The first-order valence-electron chi connectivity index (χ1n) is 6.85. The van der Waals surface area contributed by atoms with Gasteiger partial charge in [0.2, 0.25) is 0 Å². The van der Waals surface area contributed by atoms with Crippen LogP contribution in [0.3, 0.4) is 0 Å². The molecule has 0 spiro atoms. The van der Waals surface area contributed by atoms with Gasteiger partial charge in [0.15, 0.2) is 0 Å². The van der Waals surface area contributed by atoms with Gasteiger partial charge in [-0.25, -0.2) is 0 Å². The Bertz CT molecular complexity index is 253. The molecule has 0 aliphatic rings. The molecule has 2 unspecified atom stereocenters. The van der Waals surface area contributed by atoms with E-state index >= 15 is 0 Å². The van der Waals surface area contributed by atoms with Crippen molar-refractivity contribution in [2.45, 2.75) is 70.2 Å². The number of unbranched alkanes of at least 4 members (excludes halogenated alkanes) is 1. The third-order valence-electron chi connectivity index (χ3n) is 2.86. The summed E-state index contributed by atoms with van der Waals surface area (Å²) in [6.07, 6.45) is 3.98. The fraction of sp³-hybridized carbons (Fsp3) is 0.929. The Balaban J connectivity index is 3.72. The van der Waals surface area contributed by atoms with Gasteiger partial charge in [-0.15, -0.1) is 0 Å². The van der Waals surface area contributed by atoms with Crippen molar-refractivity contribution >= 4 is 11.8 Å². The molecule has 0 saturated carbocycles. The van der Waals surface area contributed by atoms with Crippen molar-refractivity contribution in [1.82, 2.24) is 5.32 Å². The molecule has 0 aromatic heterocycles. The van der Waals surface area contributed by atoms with Gasteiger partial charge >= 0.3 is 0 Å². The highest BCUT2D eigenvalue weighted by Gasteiger charge is 2.23. The standard InChI is InChI=1S/C14H28N2OS/c1-12(2)16-14(4,11-15)8-5-6-10-18-13(3)7-9-17/h12-13,16-17H,5-10H2,1-4H3. The number of thioether (sulfide) groups is 1. The Labute approximate surface area is 116 Å². The maximum Gasteiger partial charge on any atom is 0.104 e. The molecule has 0 aromatic carbocycles. The van der Waals surface area contributed by atoms with Gasteiger partial charge in [0, 0.05) is 17.9 Å². The summed E-state index contributed by atoms with van der Waals surface area (Å²) in [6.45, 7) is 8.55. The summed E-state index contributed by atoms with van der Waals surface area (Å²) in [5.74, 6) is 1.12. The van der Waals surface area contributed by atoms with Crippen molar-refractivity contribution < 1.29 is 5.11 Å². The molecule has 0 fully saturated rings. The van der Waals surface area contributed by atoms with Gasteiger partial charge in [-0.05, 0) is 52.2 Å². The lowest BCUT2D eigenvalue weighted by Gasteiger charge is -2.25. The number of aliphatic hydroxyl groups excluding tert-OH is 1. The van der Waals surface area contributed by atoms with Crippen LogP contribution in [0.15, 0.2) is 0 Å². The predicted octanol–water partition coefficient (Wildman–Crippen LogP) is 2.94. The molecule has 0 amide bonds. The number of nitrogens with zero attached hydrogens (tertiary/aromatic N) is 1. The van der Waals surface area contributed by atoms with Crippen molar-refractivity contribution in [2.24, 2.45) is 0 Å². The lowest BCUT2D eigenvalue weighted by Crippen LogP contribution is -2.44. The third-order valence-corrected chi connectivity index (χ3v) is 4.19. The lowest BCUT2D eigenvalue weighted by atomic mass is 9.96. The van der Waals surface area contributed by atoms with Crippen molar-refractivity contribution in [3.8, 4) is 6.07 Å². The molecule has 3 nitrogen and oxygen atoms in total. The molecule has 0 heterocycles. The van der Waals surface area contributed by atoms with E-state index in [-0.39, 0.29) is 6.61 Å². The zero-order valence-corrected chi connectivity index (χ0v) is 13.0. The number of rotatable bonds is 10. The average molecular weight is 272 g/mol. The van der Waals surface area contributed by atoms with E-state index in [0.717, 1.165) is 31.4 Å². The Kier molecular flexibility index (Phi) is 9.53. The SMILES string of the molecule is CC(C)NC(C)(C#N)CCCCSC(C)CCO. The maximum atomic E-state index is 9.20. The second-order valence-electron chi connectivity index (χ2n) is 5.39. The Morgan fingerprint density at radius 3 is 2.50 bits per heavy atom. The second kappa shape index (κ2) is 9.66. The van der Waals surface area contributed by atoms with E-state index in [2.05, 4.69) is 32.2 Å². The van der Waals surface area contributed by atoms with E-state index in [0.29, 0.717) is 11.3 Å². The van der Waals surface area contributed by atoms with Crippen LogP contribution < -0.4 is 5.32 Å². The summed E-state index contributed by atoms with van der Waals surface area (Å²) in [5.41, 5.74) is -0.393. The van der Waals surface area contributed by atoms with Crippen LogP contribution in [0.1, 0.15) is 53.4 Å². The molecule has 106 valence electrons. The maximum absolute atomic E-state index is 9.20. The van der Waals surface area contributed by atoms with Crippen LogP contribution in [0.5, 0.6) is 0 Å². The van der Waals surface area contributed by atoms with Crippen LogP contribution in [0.4, 0.5) is 0 Å². The topological polar surface area (TPSA) is 56.0 Å². The fourth-order valence-corrected chi connectivity index (χ4v) is 2.97. The summed E-state index contributed by atoms with van der Waals surface area (Å²) in [7, 11) is 0. The average Bonchev–Trinajstić information content (AvgIpc) is 2.28. The van der Waals surface area contributed by atoms with Gasteiger partial charge in [-0.1, -0.05) is 6.92 Å². The second-order valence-corrected chi connectivity index (χ2v) is 6.94. The molecule has 0 radical (unpaired) electrons. The lowest BCUT2D eigenvalue weighted by molar-refractivity contribution is 0.289. The van der Waals surface area contributed by atoms with Crippen LogP contribution in [0.2, 0.25) is 0 Å². The first kappa shape index (κ1) is 17.8. The third kappa shape index (κ3) is 8.79. The van der Waals surface area contributed by atoms with E-state index < -0.39 is 5.54 Å². The fourth-order valence-electron chi connectivity index (χ4n) is 1.93. The van der Waals surface area contributed by atoms with Crippen molar-refractivity contribution in [3.05, 3.63) is 0 Å². The highest BCUT2D eigenvalue weighted by molar-refractivity contribution is 7.99. The van der Waals surface area contributed by atoms with E-state index in [9.17, 15) is 5.26 Å². The molecule has 2 N–H and O–H groups in total. The zero-order valence-electron chi connectivity index (χ0n) is 12.2. The van der Waals surface area contributed by atoms with Crippen molar-refractivity contribution in [3.63, 3.8) is 0 Å². The molecular weight excluding hydrogens is 244 g/mol. The van der Waals surface area contributed by atoms with Crippen LogP contribution in [-0.4, -0.2) is 34.3 Å². The minimum Gasteiger partial charge on any atom is -0.396 e. The van der Waals surface area contributed by atoms with Gasteiger partial charge in [0.05, 0.1) is 6.07 Å². The van der Waals surface area contributed by atoms with E-state index in [1.54, 1.807) is 0 Å². The molecule has 2 atom stereocenters. The van der Waals surface area contributed by atoms with Gasteiger partial charge in [-0.2, -0.15) is 17.0 Å². The first-order valence-corrected chi connectivity index (χ1v) is 7.90. The minimum absolute atomic E-state index is 0.277. The summed E-state index contributed by atoms with van der Waals surface area (Å²) in [6, 6.07) is 2.72. The highest BCUT2D eigenvalue weighted by Crippen LogP contribution is 2.19. The Morgan fingerprint density at radius 2 is 2.00 bits per heavy atom. The van der Waals surface area contributed by atoms with Crippen molar-refractivity contribution in [2.75, 3.05) is 12.4 Å². The number of aliphatic hydroxyl groups is 1. The summed E-state index contributed by atoms with van der Waals surface area (Å²) in [5, 5.41) is 21.9. The first-order chi connectivity index (χ1) is 8.43. The molecule has 0 bridgehead atoms. The quantitative estimate of drug-likeness (QED) is 0.600. The van der Waals surface area contributed by atoms with Crippen molar-refractivity contribution in [1.29, 1.82) is 5.26 Å². The Morgan fingerprint density at radius 1 is 1.33 bits per heavy atom. The molecule has 0 saturated heterocycles. The summed E-state index contributed by atoms with van der Waals surface area (Å²) < 4.78 is 0. The van der Waals surface area contributed by atoms with E-state index in [1.165, 1.54) is 0 Å². The molecule has 0 aliphatic heterocycles. The van der Waals surface area contributed by atoms with Gasteiger partial charge < -0.3 is 5.11 Å². The Hall–Kier alpha value is -0.240. The van der Waals surface area contributed by atoms with Crippen LogP contribution in [-0.2, 0) is 0 Å². The van der Waals surface area contributed by atoms with E-state index in [1.807, 2.05) is 18.7 Å².